The lowest BCUT2D eigenvalue weighted by molar-refractivity contribution is 0.318. The van der Waals surface area contributed by atoms with E-state index < -0.39 is 0 Å². The van der Waals surface area contributed by atoms with Gasteiger partial charge in [0, 0.05) is 24.8 Å². The predicted octanol–water partition coefficient (Wildman–Crippen LogP) is 2.65. The number of amidine groups is 1. The van der Waals surface area contributed by atoms with Crippen molar-refractivity contribution in [2.75, 3.05) is 18.5 Å². The van der Waals surface area contributed by atoms with Crippen LogP contribution in [0.4, 0.5) is 5.69 Å². The van der Waals surface area contributed by atoms with Crippen molar-refractivity contribution in [3.05, 3.63) is 29.8 Å². The Bertz CT molecular complexity index is 400. The third kappa shape index (κ3) is 3.65. The van der Waals surface area contributed by atoms with Crippen molar-refractivity contribution in [1.29, 1.82) is 0 Å². The van der Waals surface area contributed by atoms with Gasteiger partial charge in [0.15, 0.2) is 5.84 Å². The Hall–Kier alpha value is -1.71. The molecule has 0 aliphatic heterocycles. The zero-order chi connectivity index (χ0) is 13.5. The molecule has 1 aromatic rings. The van der Waals surface area contributed by atoms with Gasteiger partial charge in [-0.1, -0.05) is 44.0 Å². The molecular weight excluding hydrogens is 226 g/mol. The number of anilines is 1. The second kappa shape index (κ2) is 6.89. The van der Waals surface area contributed by atoms with Gasteiger partial charge in [-0.25, -0.2) is 0 Å². The van der Waals surface area contributed by atoms with Gasteiger partial charge in [0.05, 0.1) is 0 Å². The van der Waals surface area contributed by atoms with E-state index in [1.807, 2.05) is 24.3 Å². The molecule has 0 fully saturated rings. The van der Waals surface area contributed by atoms with Crippen LogP contribution in [0, 0.1) is 5.92 Å². The van der Waals surface area contributed by atoms with E-state index in [4.69, 9.17) is 10.9 Å². The fourth-order valence-corrected chi connectivity index (χ4v) is 2.00. The third-order valence-electron chi connectivity index (χ3n) is 3.38. The first-order valence-electron chi connectivity index (χ1n) is 6.41. The molecule has 0 heterocycles. The van der Waals surface area contributed by atoms with Crippen molar-refractivity contribution >= 4 is 11.5 Å². The van der Waals surface area contributed by atoms with E-state index in [1.165, 1.54) is 12.8 Å². The highest BCUT2D eigenvalue weighted by atomic mass is 16.4. The molecule has 100 valence electrons. The molecule has 0 aliphatic carbocycles. The summed E-state index contributed by atoms with van der Waals surface area (Å²) in [5.74, 6) is 0.843. The van der Waals surface area contributed by atoms with Crippen molar-refractivity contribution < 1.29 is 5.21 Å². The molecule has 4 heteroatoms. The maximum absolute atomic E-state index is 8.69. The minimum Gasteiger partial charge on any atom is -0.409 e. The summed E-state index contributed by atoms with van der Waals surface area (Å²) in [5, 5.41) is 11.7. The smallest absolute Gasteiger partial charge is 0.170 e. The average molecular weight is 249 g/mol. The van der Waals surface area contributed by atoms with Gasteiger partial charge in [-0.05, 0) is 18.1 Å². The van der Waals surface area contributed by atoms with Crippen molar-refractivity contribution in [2.45, 2.75) is 26.7 Å². The van der Waals surface area contributed by atoms with Crippen LogP contribution >= 0.6 is 0 Å². The van der Waals surface area contributed by atoms with E-state index in [1.54, 1.807) is 0 Å². The summed E-state index contributed by atoms with van der Waals surface area (Å²) in [6.07, 6.45) is 2.36. The fourth-order valence-electron chi connectivity index (χ4n) is 2.00. The van der Waals surface area contributed by atoms with Crippen molar-refractivity contribution in [3.8, 4) is 0 Å². The highest BCUT2D eigenvalue weighted by Gasteiger charge is 2.09. The minimum atomic E-state index is 0.146. The summed E-state index contributed by atoms with van der Waals surface area (Å²) in [4.78, 5) is 2.21. The molecule has 1 rings (SSSR count). The first-order valence-corrected chi connectivity index (χ1v) is 6.41. The van der Waals surface area contributed by atoms with Crippen LogP contribution in [0.1, 0.15) is 32.3 Å². The normalized spacial score (nSPS) is 11.9. The Morgan fingerprint density at radius 3 is 2.61 bits per heavy atom. The lowest BCUT2D eigenvalue weighted by Crippen LogP contribution is -2.25. The molecule has 0 spiro atoms. The summed E-state index contributed by atoms with van der Waals surface area (Å²) in [7, 11) is 2.07. The molecule has 18 heavy (non-hydrogen) atoms. The molecular formula is C14H23N3O. The largest absolute Gasteiger partial charge is 0.409 e. The first-order chi connectivity index (χ1) is 8.62. The lowest BCUT2D eigenvalue weighted by atomic mass is 10.0. The van der Waals surface area contributed by atoms with Crippen LogP contribution in [0.15, 0.2) is 29.4 Å². The van der Waals surface area contributed by atoms with Gasteiger partial charge >= 0.3 is 0 Å². The van der Waals surface area contributed by atoms with Gasteiger partial charge in [0.2, 0.25) is 0 Å². The standard InChI is InChI=1S/C14H23N3O/c1-4-11(5-2)10-17(3)13-8-6-7-12(9-13)14(15)16-18/h6-9,11,18H,4-5,10H2,1-3H3,(H2,15,16). The van der Waals surface area contributed by atoms with E-state index in [9.17, 15) is 0 Å². The molecule has 0 amide bonds. The van der Waals surface area contributed by atoms with Gasteiger partial charge in [-0.15, -0.1) is 0 Å². The molecule has 0 radical (unpaired) electrons. The van der Waals surface area contributed by atoms with Crippen LogP contribution in [0.2, 0.25) is 0 Å². The molecule has 1 aromatic carbocycles. The number of rotatable bonds is 6. The summed E-state index contributed by atoms with van der Waals surface area (Å²) in [6.45, 7) is 5.45. The summed E-state index contributed by atoms with van der Waals surface area (Å²) in [6, 6.07) is 7.74. The van der Waals surface area contributed by atoms with Crippen LogP contribution in [-0.2, 0) is 0 Å². The summed E-state index contributed by atoms with van der Waals surface area (Å²) < 4.78 is 0. The second-order valence-corrected chi connectivity index (χ2v) is 4.60. The SMILES string of the molecule is CCC(CC)CN(C)c1cccc(/C(N)=N/O)c1. The van der Waals surface area contributed by atoms with Crippen LogP contribution in [0.5, 0.6) is 0 Å². The summed E-state index contributed by atoms with van der Waals surface area (Å²) >= 11 is 0. The van der Waals surface area contributed by atoms with Crippen LogP contribution in [0.25, 0.3) is 0 Å². The number of nitrogens with zero attached hydrogens (tertiary/aromatic N) is 2. The molecule has 4 nitrogen and oxygen atoms in total. The molecule has 0 aromatic heterocycles. The fraction of sp³-hybridized carbons (Fsp3) is 0.500. The van der Waals surface area contributed by atoms with Crippen LogP contribution in [-0.4, -0.2) is 24.6 Å². The van der Waals surface area contributed by atoms with Crippen LogP contribution in [0.3, 0.4) is 0 Å². The first kappa shape index (κ1) is 14.4. The number of hydrogen-bond donors (Lipinski definition) is 2. The van der Waals surface area contributed by atoms with Gasteiger partial charge in [-0.2, -0.15) is 0 Å². The third-order valence-corrected chi connectivity index (χ3v) is 3.38. The minimum absolute atomic E-state index is 0.146. The van der Waals surface area contributed by atoms with Crippen molar-refractivity contribution in [1.82, 2.24) is 0 Å². The molecule has 0 atom stereocenters. The predicted molar refractivity (Wildman–Crippen MR) is 76.3 cm³/mol. The Labute approximate surface area is 109 Å². The highest BCUT2D eigenvalue weighted by Crippen LogP contribution is 2.18. The Morgan fingerprint density at radius 2 is 2.06 bits per heavy atom. The van der Waals surface area contributed by atoms with E-state index in [2.05, 4.69) is 31.0 Å². The number of oxime groups is 1. The molecule has 0 aliphatic rings. The highest BCUT2D eigenvalue weighted by molar-refractivity contribution is 5.97. The number of nitrogens with two attached hydrogens (primary N) is 1. The maximum atomic E-state index is 8.69. The van der Waals surface area contributed by atoms with Gasteiger partial charge in [0.25, 0.3) is 0 Å². The van der Waals surface area contributed by atoms with E-state index in [-0.39, 0.29) is 5.84 Å². The Balaban J connectivity index is 2.83. The topological polar surface area (TPSA) is 61.8 Å². The second-order valence-electron chi connectivity index (χ2n) is 4.60. The van der Waals surface area contributed by atoms with Crippen LogP contribution < -0.4 is 10.6 Å². The Kier molecular flexibility index (Phi) is 5.49. The van der Waals surface area contributed by atoms with E-state index in [0.717, 1.165) is 17.8 Å². The maximum Gasteiger partial charge on any atom is 0.170 e. The van der Waals surface area contributed by atoms with Crippen molar-refractivity contribution in [3.63, 3.8) is 0 Å². The quantitative estimate of drug-likeness (QED) is 0.352. The van der Waals surface area contributed by atoms with E-state index in [0.29, 0.717) is 5.92 Å². The van der Waals surface area contributed by atoms with Crippen molar-refractivity contribution in [2.24, 2.45) is 16.8 Å². The van der Waals surface area contributed by atoms with Gasteiger partial charge in [-0.3, -0.25) is 0 Å². The zero-order valence-electron chi connectivity index (χ0n) is 11.4. The molecule has 0 saturated carbocycles. The molecule has 0 saturated heterocycles. The monoisotopic (exact) mass is 249 g/mol. The average Bonchev–Trinajstić information content (AvgIpc) is 2.43. The number of benzene rings is 1. The zero-order valence-corrected chi connectivity index (χ0v) is 11.4. The lowest BCUT2D eigenvalue weighted by Gasteiger charge is -2.24. The summed E-state index contributed by atoms with van der Waals surface area (Å²) in [5.41, 5.74) is 7.43. The van der Waals surface area contributed by atoms with E-state index >= 15 is 0 Å². The number of hydrogen-bond acceptors (Lipinski definition) is 3. The van der Waals surface area contributed by atoms with Gasteiger partial charge < -0.3 is 15.8 Å². The van der Waals surface area contributed by atoms with Gasteiger partial charge in [0.1, 0.15) is 0 Å². The molecule has 0 bridgehead atoms. The molecule has 3 N–H and O–H groups in total. The Morgan fingerprint density at radius 1 is 1.39 bits per heavy atom. The molecule has 0 unspecified atom stereocenters.